The highest BCUT2D eigenvalue weighted by molar-refractivity contribution is 6.03. The fraction of sp³-hybridized carbons (Fsp3) is 0.0909. The highest BCUT2D eigenvalue weighted by Crippen LogP contribution is 2.16. The van der Waals surface area contributed by atoms with Crippen molar-refractivity contribution in [3.05, 3.63) is 89.9 Å². The van der Waals surface area contributed by atoms with Crippen LogP contribution in [0.1, 0.15) is 21.7 Å². The molecule has 8 nitrogen and oxygen atoms in total. The molecule has 0 aliphatic rings. The van der Waals surface area contributed by atoms with Crippen LogP contribution in [0.2, 0.25) is 0 Å². The Labute approximate surface area is 177 Å². The first-order valence-electron chi connectivity index (χ1n) is 9.49. The van der Waals surface area contributed by atoms with E-state index >= 15 is 0 Å². The Morgan fingerprint density at radius 1 is 1.03 bits per heavy atom. The Kier molecular flexibility index (Phi) is 5.57. The molecule has 0 saturated carbocycles. The van der Waals surface area contributed by atoms with E-state index in [9.17, 15) is 14.0 Å². The maximum Gasteiger partial charge on any atom is 0.319 e. The minimum Gasteiger partial charge on any atom is -0.334 e. The lowest BCUT2D eigenvalue weighted by molar-refractivity contribution is 0.102. The SMILES string of the molecule is Cc1ncc(CNC(=O)Nc2cccc(F)c2)cc1NC(=O)c1cnc2ccccn12. The first-order chi connectivity index (χ1) is 15.0. The number of hydrogen-bond acceptors (Lipinski definition) is 4. The monoisotopic (exact) mass is 418 g/mol. The number of urea groups is 1. The molecule has 4 rings (SSSR count). The average Bonchev–Trinajstić information content (AvgIpc) is 3.18. The van der Waals surface area contributed by atoms with Crippen molar-refractivity contribution in [3.63, 3.8) is 0 Å². The number of nitrogens with zero attached hydrogens (tertiary/aromatic N) is 3. The zero-order valence-corrected chi connectivity index (χ0v) is 16.6. The molecule has 3 N–H and O–H groups in total. The van der Waals surface area contributed by atoms with Gasteiger partial charge in [0.25, 0.3) is 5.91 Å². The van der Waals surface area contributed by atoms with E-state index in [1.54, 1.807) is 35.9 Å². The zero-order valence-electron chi connectivity index (χ0n) is 16.6. The molecule has 3 heterocycles. The van der Waals surface area contributed by atoms with Gasteiger partial charge in [0.05, 0.1) is 17.6 Å². The standard InChI is InChI=1S/C22H19FN6O2/c1-14-18(28-21(30)19-13-25-20-7-2-3-8-29(19)20)9-15(11-24-14)12-26-22(31)27-17-6-4-5-16(23)10-17/h2-11,13H,12H2,1H3,(H,28,30)(H2,26,27,31). The number of halogens is 1. The quantitative estimate of drug-likeness (QED) is 0.460. The van der Waals surface area contributed by atoms with E-state index in [1.807, 2.05) is 18.2 Å². The van der Waals surface area contributed by atoms with Gasteiger partial charge in [-0.15, -0.1) is 0 Å². The number of pyridine rings is 2. The lowest BCUT2D eigenvalue weighted by Crippen LogP contribution is -2.28. The van der Waals surface area contributed by atoms with Gasteiger partial charge in [0.1, 0.15) is 17.2 Å². The number of benzene rings is 1. The summed E-state index contributed by atoms with van der Waals surface area (Å²) in [6.45, 7) is 1.95. The highest BCUT2D eigenvalue weighted by Gasteiger charge is 2.14. The van der Waals surface area contributed by atoms with Crippen LogP contribution in [-0.2, 0) is 6.54 Å². The molecule has 0 unspecified atom stereocenters. The third kappa shape index (κ3) is 4.67. The lowest BCUT2D eigenvalue weighted by Gasteiger charge is -2.11. The maximum absolute atomic E-state index is 13.2. The van der Waals surface area contributed by atoms with Crippen molar-refractivity contribution in [1.29, 1.82) is 0 Å². The molecule has 31 heavy (non-hydrogen) atoms. The maximum atomic E-state index is 13.2. The van der Waals surface area contributed by atoms with Crippen molar-refractivity contribution in [2.45, 2.75) is 13.5 Å². The number of aryl methyl sites for hydroxylation is 1. The molecule has 3 aromatic heterocycles. The smallest absolute Gasteiger partial charge is 0.319 e. The molecule has 3 amide bonds. The second kappa shape index (κ2) is 8.62. The lowest BCUT2D eigenvalue weighted by atomic mass is 10.2. The third-order valence-corrected chi connectivity index (χ3v) is 4.58. The molecule has 0 aliphatic carbocycles. The number of anilines is 2. The summed E-state index contributed by atoms with van der Waals surface area (Å²) in [5.41, 5.74) is 3.27. The molecule has 9 heteroatoms. The predicted molar refractivity (Wildman–Crippen MR) is 114 cm³/mol. The molecule has 0 aliphatic heterocycles. The van der Waals surface area contributed by atoms with Crippen LogP contribution in [0.25, 0.3) is 5.65 Å². The molecule has 0 saturated heterocycles. The van der Waals surface area contributed by atoms with Crippen molar-refractivity contribution < 1.29 is 14.0 Å². The third-order valence-electron chi connectivity index (χ3n) is 4.58. The summed E-state index contributed by atoms with van der Waals surface area (Å²) in [4.78, 5) is 33.3. The molecule has 0 atom stereocenters. The van der Waals surface area contributed by atoms with Gasteiger partial charge >= 0.3 is 6.03 Å². The van der Waals surface area contributed by atoms with Gasteiger partial charge in [-0.1, -0.05) is 12.1 Å². The average molecular weight is 418 g/mol. The highest BCUT2D eigenvalue weighted by atomic mass is 19.1. The predicted octanol–water partition coefficient (Wildman–Crippen LogP) is 3.75. The summed E-state index contributed by atoms with van der Waals surface area (Å²) in [6, 6.07) is 12.3. The first-order valence-corrected chi connectivity index (χ1v) is 9.49. The van der Waals surface area contributed by atoms with Crippen LogP contribution in [0, 0.1) is 12.7 Å². The second-order valence-electron chi connectivity index (χ2n) is 6.82. The van der Waals surface area contributed by atoms with Crippen LogP contribution in [0.5, 0.6) is 0 Å². The van der Waals surface area contributed by atoms with Crippen molar-refractivity contribution in [2.75, 3.05) is 10.6 Å². The summed E-state index contributed by atoms with van der Waals surface area (Å²) in [5, 5.41) is 8.08. The van der Waals surface area contributed by atoms with E-state index in [1.165, 1.54) is 24.4 Å². The fourth-order valence-electron chi connectivity index (χ4n) is 3.01. The Balaban J connectivity index is 1.42. The van der Waals surface area contributed by atoms with E-state index in [0.717, 1.165) is 0 Å². The van der Waals surface area contributed by atoms with Gasteiger partial charge in [0.2, 0.25) is 0 Å². The molecule has 1 aromatic carbocycles. The molecule has 0 spiro atoms. The van der Waals surface area contributed by atoms with Gasteiger partial charge in [-0.3, -0.25) is 14.2 Å². The fourth-order valence-corrected chi connectivity index (χ4v) is 3.01. The van der Waals surface area contributed by atoms with Crippen LogP contribution in [0.4, 0.5) is 20.6 Å². The zero-order chi connectivity index (χ0) is 21.8. The van der Waals surface area contributed by atoms with Crippen molar-refractivity contribution in [2.24, 2.45) is 0 Å². The number of carbonyl (C=O) groups is 2. The van der Waals surface area contributed by atoms with Crippen molar-refractivity contribution in [3.8, 4) is 0 Å². The van der Waals surface area contributed by atoms with Crippen LogP contribution in [0.15, 0.2) is 67.1 Å². The molecule has 0 bridgehead atoms. The van der Waals surface area contributed by atoms with Gasteiger partial charge in [-0.05, 0) is 48.9 Å². The molecule has 0 radical (unpaired) electrons. The van der Waals surface area contributed by atoms with Crippen LogP contribution in [-0.4, -0.2) is 26.3 Å². The molecular weight excluding hydrogens is 399 g/mol. The Morgan fingerprint density at radius 3 is 2.74 bits per heavy atom. The Hall–Kier alpha value is -4.27. The van der Waals surface area contributed by atoms with E-state index in [2.05, 4.69) is 25.9 Å². The van der Waals surface area contributed by atoms with Gasteiger partial charge in [0, 0.05) is 24.6 Å². The van der Waals surface area contributed by atoms with E-state index in [0.29, 0.717) is 34.0 Å². The number of nitrogens with one attached hydrogen (secondary N) is 3. The van der Waals surface area contributed by atoms with Crippen molar-refractivity contribution in [1.82, 2.24) is 19.7 Å². The first kappa shape index (κ1) is 20.0. The number of hydrogen-bond donors (Lipinski definition) is 3. The van der Waals surface area contributed by atoms with Gasteiger partial charge in [-0.25, -0.2) is 14.2 Å². The van der Waals surface area contributed by atoms with E-state index in [-0.39, 0.29) is 12.5 Å². The van der Waals surface area contributed by atoms with Gasteiger partial charge in [0.15, 0.2) is 0 Å². The van der Waals surface area contributed by atoms with Crippen LogP contribution < -0.4 is 16.0 Å². The minimum absolute atomic E-state index is 0.174. The topological polar surface area (TPSA) is 100 Å². The number of aromatic nitrogens is 3. The number of imidazole rings is 1. The van der Waals surface area contributed by atoms with Crippen molar-refractivity contribution >= 4 is 29.0 Å². The number of amides is 3. The minimum atomic E-state index is -0.484. The Morgan fingerprint density at radius 2 is 1.90 bits per heavy atom. The summed E-state index contributed by atoms with van der Waals surface area (Å²) in [6.07, 6.45) is 4.89. The largest absolute Gasteiger partial charge is 0.334 e. The molecule has 156 valence electrons. The van der Waals surface area contributed by atoms with Gasteiger partial charge in [-0.2, -0.15) is 0 Å². The molecule has 0 fully saturated rings. The summed E-state index contributed by atoms with van der Waals surface area (Å²) in [5.74, 6) is -0.760. The number of fused-ring (bicyclic) bond motifs is 1. The summed E-state index contributed by atoms with van der Waals surface area (Å²) in [7, 11) is 0. The van der Waals surface area contributed by atoms with E-state index in [4.69, 9.17) is 0 Å². The molecular formula is C22H19FN6O2. The van der Waals surface area contributed by atoms with Gasteiger partial charge < -0.3 is 16.0 Å². The summed E-state index contributed by atoms with van der Waals surface area (Å²) < 4.78 is 14.9. The van der Waals surface area contributed by atoms with E-state index < -0.39 is 11.8 Å². The van der Waals surface area contributed by atoms with Crippen LogP contribution in [0.3, 0.4) is 0 Å². The summed E-state index contributed by atoms with van der Waals surface area (Å²) >= 11 is 0. The Bertz CT molecular complexity index is 1270. The second-order valence-corrected chi connectivity index (χ2v) is 6.82. The normalized spacial score (nSPS) is 10.6. The number of rotatable bonds is 5. The van der Waals surface area contributed by atoms with Crippen LogP contribution >= 0.6 is 0 Å². The number of carbonyl (C=O) groups excluding carboxylic acids is 2. The molecule has 4 aromatic rings.